The van der Waals surface area contributed by atoms with E-state index in [0.717, 1.165) is 6.42 Å². The SMILES string of the molecule is CC(C)CC(C)(C)C(O)OC(C)(C)C1CCCCC1. The summed E-state index contributed by atoms with van der Waals surface area (Å²) in [5.41, 5.74) is -0.395. The first-order valence-electron chi connectivity index (χ1n) is 8.01. The monoisotopic (exact) mass is 270 g/mol. The Labute approximate surface area is 119 Å². The second-order valence-corrected chi connectivity index (χ2v) is 8.00. The molecule has 0 aromatic heterocycles. The van der Waals surface area contributed by atoms with Crippen LogP contribution in [-0.2, 0) is 4.74 Å². The Morgan fingerprint density at radius 1 is 1.05 bits per heavy atom. The molecular weight excluding hydrogens is 236 g/mol. The molecule has 1 rings (SSSR count). The van der Waals surface area contributed by atoms with E-state index >= 15 is 0 Å². The Morgan fingerprint density at radius 3 is 2.05 bits per heavy atom. The van der Waals surface area contributed by atoms with Gasteiger partial charge in [-0.2, -0.15) is 0 Å². The first-order chi connectivity index (χ1) is 8.65. The fourth-order valence-electron chi connectivity index (χ4n) is 3.49. The van der Waals surface area contributed by atoms with Gasteiger partial charge in [-0.25, -0.2) is 0 Å². The standard InChI is InChI=1S/C17H34O2/c1-13(2)12-16(3,4)15(18)19-17(5,6)14-10-8-7-9-11-14/h13-15,18H,7-12H2,1-6H3. The summed E-state index contributed by atoms with van der Waals surface area (Å²) in [5, 5.41) is 10.5. The molecule has 1 unspecified atom stereocenters. The van der Waals surface area contributed by atoms with Crippen LogP contribution in [0.4, 0.5) is 0 Å². The lowest BCUT2D eigenvalue weighted by molar-refractivity contribution is -0.240. The van der Waals surface area contributed by atoms with Crippen LogP contribution in [-0.4, -0.2) is 17.0 Å². The van der Waals surface area contributed by atoms with Crippen LogP contribution in [0.25, 0.3) is 0 Å². The van der Waals surface area contributed by atoms with Crippen molar-refractivity contribution in [2.45, 2.75) is 92.0 Å². The molecule has 0 spiro atoms. The average molecular weight is 270 g/mol. The molecule has 1 atom stereocenters. The molecule has 0 aromatic rings. The van der Waals surface area contributed by atoms with Crippen molar-refractivity contribution in [2.75, 3.05) is 0 Å². The Balaban J connectivity index is 2.60. The van der Waals surface area contributed by atoms with Gasteiger partial charge in [0.25, 0.3) is 0 Å². The third-order valence-electron chi connectivity index (χ3n) is 4.61. The molecule has 0 radical (unpaired) electrons. The molecule has 2 heteroatoms. The van der Waals surface area contributed by atoms with E-state index < -0.39 is 6.29 Å². The lowest BCUT2D eigenvalue weighted by atomic mass is 9.78. The van der Waals surface area contributed by atoms with Gasteiger partial charge in [-0.3, -0.25) is 0 Å². The molecule has 1 N–H and O–H groups in total. The second kappa shape index (κ2) is 6.58. The smallest absolute Gasteiger partial charge is 0.160 e. The van der Waals surface area contributed by atoms with Crippen molar-refractivity contribution < 1.29 is 9.84 Å². The van der Waals surface area contributed by atoms with Gasteiger partial charge in [0.05, 0.1) is 5.60 Å². The van der Waals surface area contributed by atoms with Crippen LogP contribution < -0.4 is 0 Å². The summed E-state index contributed by atoms with van der Waals surface area (Å²) in [5.74, 6) is 1.16. The van der Waals surface area contributed by atoms with Crippen LogP contribution in [0.5, 0.6) is 0 Å². The largest absolute Gasteiger partial charge is 0.367 e. The van der Waals surface area contributed by atoms with Gasteiger partial charge in [0.2, 0.25) is 0 Å². The zero-order valence-corrected chi connectivity index (χ0v) is 13.8. The predicted molar refractivity (Wildman–Crippen MR) is 81.0 cm³/mol. The van der Waals surface area contributed by atoms with Gasteiger partial charge >= 0.3 is 0 Å². The fourth-order valence-corrected chi connectivity index (χ4v) is 3.49. The molecule has 1 aliphatic carbocycles. The Kier molecular flexibility index (Phi) is 5.88. The average Bonchev–Trinajstić information content (AvgIpc) is 2.28. The first kappa shape index (κ1) is 17.0. The summed E-state index contributed by atoms with van der Waals surface area (Å²) in [4.78, 5) is 0. The Hall–Kier alpha value is -0.0800. The van der Waals surface area contributed by atoms with Crippen LogP contribution in [0.3, 0.4) is 0 Å². The van der Waals surface area contributed by atoms with Crippen molar-refractivity contribution in [3.05, 3.63) is 0 Å². The summed E-state index contributed by atoms with van der Waals surface area (Å²) in [6.45, 7) is 12.9. The molecule has 1 aliphatic rings. The van der Waals surface area contributed by atoms with Crippen LogP contribution in [0.15, 0.2) is 0 Å². The normalized spacial score (nSPS) is 20.8. The van der Waals surface area contributed by atoms with Gasteiger partial charge in [0.15, 0.2) is 6.29 Å². The molecule has 2 nitrogen and oxygen atoms in total. The summed E-state index contributed by atoms with van der Waals surface area (Å²) < 4.78 is 6.10. The van der Waals surface area contributed by atoms with E-state index in [4.69, 9.17) is 4.74 Å². The van der Waals surface area contributed by atoms with Crippen LogP contribution in [0.2, 0.25) is 0 Å². The lowest BCUT2D eigenvalue weighted by Gasteiger charge is -2.42. The number of aliphatic hydroxyl groups is 1. The van der Waals surface area contributed by atoms with E-state index in [1.165, 1.54) is 32.1 Å². The highest BCUT2D eigenvalue weighted by Gasteiger charge is 2.38. The van der Waals surface area contributed by atoms with Crippen LogP contribution >= 0.6 is 0 Å². The first-order valence-corrected chi connectivity index (χ1v) is 8.01. The molecule has 0 bridgehead atoms. The number of ether oxygens (including phenoxy) is 1. The molecular formula is C17H34O2. The minimum Gasteiger partial charge on any atom is -0.367 e. The zero-order chi connectivity index (χ0) is 14.7. The number of aliphatic hydroxyl groups excluding tert-OH is 1. The minimum atomic E-state index is -0.674. The third kappa shape index (κ3) is 5.07. The Morgan fingerprint density at radius 2 is 1.58 bits per heavy atom. The molecule has 0 aromatic carbocycles. The predicted octanol–water partition coefficient (Wildman–Crippen LogP) is 4.75. The number of rotatable bonds is 6. The highest BCUT2D eigenvalue weighted by Crippen LogP contribution is 2.38. The maximum Gasteiger partial charge on any atom is 0.160 e. The molecule has 0 heterocycles. The highest BCUT2D eigenvalue weighted by molar-refractivity contribution is 4.84. The third-order valence-corrected chi connectivity index (χ3v) is 4.61. The summed E-state index contributed by atoms with van der Waals surface area (Å²) >= 11 is 0. The molecule has 0 aliphatic heterocycles. The van der Waals surface area contributed by atoms with Crippen molar-refractivity contribution in [1.29, 1.82) is 0 Å². The van der Waals surface area contributed by atoms with Crippen molar-refractivity contribution >= 4 is 0 Å². The van der Waals surface area contributed by atoms with Crippen molar-refractivity contribution in [2.24, 2.45) is 17.3 Å². The lowest BCUT2D eigenvalue weighted by Crippen LogP contribution is -2.44. The van der Waals surface area contributed by atoms with Crippen LogP contribution in [0.1, 0.15) is 80.1 Å². The van der Waals surface area contributed by atoms with Crippen LogP contribution in [0, 0.1) is 17.3 Å². The van der Waals surface area contributed by atoms with Gasteiger partial charge in [0, 0.05) is 5.41 Å². The molecule has 1 fully saturated rings. The molecule has 19 heavy (non-hydrogen) atoms. The zero-order valence-electron chi connectivity index (χ0n) is 13.8. The molecule has 0 amide bonds. The van der Waals surface area contributed by atoms with Crippen molar-refractivity contribution in [3.8, 4) is 0 Å². The van der Waals surface area contributed by atoms with Crippen molar-refractivity contribution in [1.82, 2.24) is 0 Å². The highest BCUT2D eigenvalue weighted by atomic mass is 16.6. The summed E-state index contributed by atoms with van der Waals surface area (Å²) in [7, 11) is 0. The maximum absolute atomic E-state index is 10.5. The summed E-state index contributed by atoms with van der Waals surface area (Å²) in [6.07, 6.45) is 6.76. The quantitative estimate of drug-likeness (QED) is 0.706. The number of hydrogen-bond acceptors (Lipinski definition) is 2. The van der Waals surface area contributed by atoms with Gasteiger partial charge in [-0.05, 0) is 44.9 Å². The van der Waals surface area contributed by atoms with E-state index in [2.05, 4.69) is 41.5 Å². The topological polar surface area (TPSA) is 29.5 Å². The van der Waals surface area contributed by atoms with Gasteiger partial charge < -0.3 is 9.84 Å². The number of hydrogen-bond donors (Lipinski definition) is 1. The van der Waals surface area contributed by atoms with Gasteiger partial charge in [-0.15, -0.1) is 0 Å². The Bertz CT molecular complexity index is 262. The van der Waals surface area contributed by atoms with Crippen molar-refractivity contribution in [3.63, 3.8) is 0 Å². The fraction of sp³-hybridized carbons (Fsp3) is 1.00. The second-order valence-electron chi connectivity index (χ2n) is 8.00. The molecule has 0 saturated heterocycles. The van der Waals surface area contributed by atoms with E-state index in [9.17, 15) is 5.11 Å². The van der Waals surface area contributed by atoms with E-state index in [0.29, 0.717) is 11.8 Å². The molecule has 114 valence electrons. The van der Waals surface area contributed by atoms with E-state index in [-0.39, 0.29) is 11.0 Å². The van der Waals surface area contributed by atoms with Gasteiger partial charge in [0.1, 0.15) is 0 Å². The van der Waals surface area contributed by atoms with Gasteiger partial charge in [-0.1, -0.05) is 47.0 Å². The maximum atomic E-state index is 10.5. The van der Waals surface area contributed by atoms with E-state index in [1.54, 1.807) is 0 Å². The minimum absolute atomic E-state index is 0.180. The summed E-state index contributed by atoms with van der Waals surface area (Å²) in [6, 6.07) is 0. The van der Waals surface area contributed by atoms with E-state index in [1.807, 2.05) is 0 Å². The molecule has 1 saturated carbocycles.